The number of aromatic nitrogens is 2. The van der Waals surface area contributed by atoms with E-state index in [0.717, 1.165) is 16.5 Å². The molecule has 4 aromatic rings. The zero-order valence-corrected chi connectivity index (χ0v) is 35.2. The number of urea groups is 1. The molecule has 0 spiro atoms. The van der Waals surface area contributed by atoms with Crippen molar-refractivity contribution in [2.45, 2.75) is 111 Å². The van der Waals surface area contributed by atoms with Crippen molar-refractivity contribution in [3.8, 4) is 17.1 Å². The van der Waals surface area contributed by atoms with Crippen molar-refractivity contribution in [2.75, 3.05) is 11.9 Å². The monoisotopic (exact) mass is 839 g/mol. The highest BCUT2D eigenvalue weighted by Gasteiger charge is 2.45. The van der Waals surface area contributed by atoms with Crippen molar-refractivity contribution >= 4 is 46.6 Å². The Morgan fingerprint density at radius 2 is 1.74 bits per heavy atom. The minimum Gasteiger partial charge on any atom is -0.458 e. The third kappa shape index (κ3) is 9.52. The summed E-state index contributed by atoms with van der Waals surface area (Å²) in [5.41, 5.74) is 7.85. The van der Waals surface area contributed by atoms with Crippen LogP contribution in [0.25, 0.3) is 22.3 Å². The number of aryl methyl sites for hydroxylation is 1. The molecule has 17 nitrogen and oxygen atoms in total. The Morgan fingerprint density at radius 1 is 1.00 bits per heavy atom. The normalized spacial score (nSPS) is 16.2. The fourth-order valence-corrected chi connectivity index (χ4v) is 7.77. The lowest BCUT2D eigenvalue weighted by Gasteiger charge is -2.31. The van der Waals surface area contributed by atoms with Crippen LogP contribution in [0.15, 0.2) is 53.3 Å². The van der Waals surface area contributed by atoms with E-state index in [0.29, 0.717) is 41.0 Å². The van der Waals surface area contributed by atoms with Gasteiger partial charge in [0.2, 0.25) is 11.8 Å². The van der Waals surface area contributed by atoms with Gasteiger partial charge in [0.25, 0.3) is 5.56 Å². The average molecular weight is 840 g/mol. The summed E-state index contributed by atoms with van der Waals surface area (Å²) >= 11 is 0. The molecule has 3 atom stereocenters. The van der Waals surface area contributed by atoms with Crippen molar-refractivity contribution in [1.82, 2.24) is 25.5 Å². The fraction of sp³-hybridized carbons (Fsp3) is 0.432. The maximum absolute atomic E-state index is 13.7. The summed E-state index contributed by atoms with van der Waals surface area (Å²) in [6, 6.07) is 11.3. The number of amides is 4. The zero-order valence-electron chi connectivity index (χ0n) is 35.2. The van der Waals surface area contributed by atoms with E-state index < -0.39 is 41.7 Å². The number of anilines is 1. The van der Waals surface area contributed by atoms with Gasteiger partial charge in [0, 0.05) is 34.8 Å². The Morgan fingerprint density at radius 3 is 2.39 bits per heavy atom. The van der Waals surface area contributed by atoms with Gasteiger partial charge in [-0.15, -0.1) is 0 Å². The number of nitrogens with zero attached hydrogens (tertiary/aromatic N) is 2. The molecule has 6 rings (SSSR count). The van der Waals surface area contributed by atoms with Gasteiger partial charge in [0.05, 0.1) is 35.1 Å². The summed E-state index contributed by atoms with van der Waals surface area (Å²) in [4.78, 5) is 81.8. The van der Waals surface area contributed by atoms with E-state index in [2.05, 4.69) is 21.3 Å². The number of hydrogen-bond donors (Lipinski definition) is 6. The highest BCUT2D eigenvalue weighted by atomic mass is 16.7. The van der Waals surface area contributed by atoms with Gasteiger partial charge in [-0.25, -0.2) is 19.4 Å². The number of primary amides is 1. The van der Waals surface area contributed by atoms with E-state index in [9.17, 15) is 33.9 Å². The van der Waals surface area contributed by atoms with Crippen LogP contribution in [0.4, 0.5) is 15.3 Å². The first-order valence-electron chi connectivity index (χ1n) is 20.5. The molecule has 7 N–H and O–H groups in total. The lowest BCUT2D eigenvalue weighted by Crippen LogP contribution is -2.54. The van der Waals surface area contributed by atoms with Crippen LogP contribution < -0.4 is 37.3 Å². The number of pyridine rings is 2. The van der Waals surface area contributed by atoms with Crippen LogP contribution >= 0.6 is 0 Å². The van der Waals surface area contributed by atoms with E-state index in [-0.39, 0.29) is 79.4 Å². The Bertz CT molecular complexity index is 2410. The molecular formula is C44H53N7O10. The molecule has 2 aliphatic heterocycles. The Labute approximate surface area is 352 Å². The molecule has 61 heavy (non-hydrogen) atoms. The number of fused-ring (bicyclic) bond motifs is 5. The molecule has 0 fully saturated rings. The van der Waals surface area contributed by atoms with Gasteiger partial charge in [0.1, 0.15) is 25.0 Å². The van der Waals surface area contributed by atoms with Crippen LogP contribution in [0.2, 0.25) is 0 Å². The molecule has 17 heteroatoms. The molecule has 0 saturated heterocycles. The average Bonchev–Trinajstić information content (AvgIpc) is 3.59. The van der Waals surface area contributed by atoms with E-state index >= 15 is 0 Å². The molecule has 0 radical (unpaired) electrons. The van der Waals surface area contributed by atoms with Gasteiger partial charge >= 0.3 is 18.2 Å². The van der Waals surface area contributed by atoms with Gasteiger partial charge in [0.15, 0.2) is 5.60 Å². The maximum atomic E-state index is 13.7. The number of carbonyl (C=O) groups excluding carboxylic acids is 5. The lowest BCUT2D eigenvalue weighted by atomic mass is 9.86. The number of nitrogens with two attached hydrogens (primary N) is 1. The standard InChI is InChI=1S/C44H53N7O10/c1-7-28-29-18-27(15-16-33(29)49-37-30(28)20-51-35(37)19-32-31(40(51)54)22-59-41(55)44(32,58)8-2)61-43(57)60-21-25-11-13-26(14-12-25)48-38(52)34(10-9-17-46-42(45)56)50-39(53)36(23(3)4)47-24(5)6/h11-16,18-19,23-24,34,36,47,58H,7-10,17,20-22H2,1-6H3,(H,48,52)(H,50,53)(H3,45,46,56)/t34-,36-,44-/m0/s1. The van der Waals surface area contributed by atoms with Crippen LogP contribution in [0.3, 0.4) is 0 Å². The van der Waals surface area contributed by atoms with Gasteiger partial charge < -0.3 is 50.9 Å². The number of carbonyl (C=O) groups is 5. The van der Waals surface area contributed by atoms with Gasteiger partial charge in [-0.1, -0.05) is 53.7 Å². The first kappa shape index (κ1) is 44.2. The fourth-order valence-electron chi connectivity index (χ4n) is 7.77. The largest absolute Gasteiger partial charge is 0.514 e. The lowest BCUT2D eigenvalue weighted by molar-refractivity contribution is -0.172. The Hall–Kier alpha value is -6.33. The predicted molar refractivity (Wildman–Crippen MR) is 225 cm³/mol. The zero-order chi connectivity index (χ0) is 44.2. The van der Waals surface area contributed by atoms with Crippen molar-refractivity contribution in [2.24, 2.45) is 11.7 Å². The Kier molecular flexibility index (Phi) is 13.4. The third-order valence-electron chi connectivity index (χ3n) is 11.0. The second-order valence-corrected chi connectivity index (χ2v) is 15.9. The molecule has 4 amide bonds. The van der Waals surface area contributed by atoms with Crippen molar-refractivity contribution < 1.29 is 43.3 Å². The van der Waals surface area contributed by atoms with E-state index in [1.54, 1.807) is 60.0 Å². The minimum absolute atomic E-state index is 0.0348. The number of hydrogen-bond acceptors (Lipinski definition) is 12. The third-order valence-corrected chi connectivity index (χ3v) is 11.0. The molecular weight excluding hydrogens is 787 g/mol. The second kappa shape index (κ2) is 18.5. The summed E-state index contributed by atoms with van der Waals surface area (Å²) in [6.07, 6.45) is 0.313. The smallest absolute Gasteiger partial charge is 0.458 e. The molecule has 0 unspecified atom stereocenters. The van der Waals surface area contributed by atoms with Crippen molar-refractivity contribution in [1.29, 1.82) is 0 Å². The summed E-state index contributed by atoms with van der Waals surface area (Å²) in [5.74, 6) is -1.35. The number of aliphatic hydroxyl groups is 1. The number of nitrogens with one attached hydrogen (secondary N) is 4. The van der Waals surface area contributed by atoms with Crippen LogP contribution in [0, 0.1) is 5.92 Å². The number of rotatable bonds is 16. The summed E-state index contributed by atoms with van der Waals surface area (Å²) in [6.45, 7) is 11.5. The Balaban J connectivity index is 1.10. The first-order valence-corrected chi connectivity index (χ1v) is 20.5. The minimum atomic E-state index is -1.93. The molecule has 2 aromatic heterocycles. The van der Waals surface area contributed by atoms with Crippen LogP contribution in [-0.4, -0.2) is 69.3 Å². The summed E-state index contributed by atoms with van der Waals surface area (Å²) < 4.78 is 17.7. The van der Waals surface area contributed by atoms with E-state index in [1.165, 1.54) is 0 Å². The van der Waals surface area contributed by atoms with Crippen molar-refractivity contribution in [3.63, 3.8) is 0 Å². The maximum Gasteiger partial charge on any atom is 0.514 e. The van der Waals surface area contributed by atoms with Crippen LogP contribution in [0.1, 0.15) is 88.6 Å². The number of cyclic esters (lactones) is 1. The van der Waals surface area contributed by atoms with Crippen molar-refractivity contribution in [3.05, 3.63) is 86.7 Å². The summed E-state index contributed by atoms with van der Waals surface area (Å²) in [5, 5.41) is 23.4. The van der Waals surface area contributed by atoms with E-state index in [4.69, 9.17) is 24.9 Å². The summed E-state index contributed by atoms with van der Waals surface area (Å²) in [7, 11) is 0. The molecule has 0 saturated carbocycles. The van der Waals surface area contributed by atoms with Gasteiger partial charge in [-0.2, -0.15) is 0 Å². The van der Waals surface area contributed by atoms with Crippen LogP contribution in [0.5, 0.6) is 5.75 Å². The van der Waals surface area contributed by atoms with Gasteiger partial charge in [-0.05, 0) is 79.1 Å². The molecule has 0 aliphatic carbocycles. The SMILES string of the molecule is CCc1c2c(nc3ccc(OC(=O)OCc4ccc(NC(=O)[C@H](CCCNC(N)=O)NC(=O)[C@@H](NC(C)C)C(C)C)cc4)cc13)-c1cc3c(c(=O)n1C2)COC(=O)[C@]3(O)CC. The topological polar surface area (TPSA) is 242 Å². The molecule has 2 aliphatic rings. The number of esters is 1. The van der Waals surface area contributed by atoms with Crippen LogP contribution in [-0.2, 0) is 55.6 Å². The number of ether oxygens (including phenoxy) is 3. The van der Waals surface area contributed by atoms with Gasteiger partial charge in [-0.3, -0.25) is 14.4 Å². The molecule has 4 heterocycles. The highest BCUT2D eigenvalue weighted by Crippen LogP contribution is 2.41. The first-order chi connectivity index (χ1) is 29.0. The number of benzene rings is 2. The van der Waals surface area contributed by atoms with E-state index in [1.807, 2.05) is 34.6 Å². The molecule has 2 aromatic carbocycles. The molecule has 0 bridgehead atoms. The second-order valence-electron chi connectivity index (χ2n) is 15.9. The predicted octanol–water partition coefficient (Wildman–Crippen LogP) is 4.25. The molecule has 324 valence electrons. The quantitative estimate of drug-likeness (QED) is 0.0464. The highest BCUT2D eigenvalue weighted by molar-refractivity contribution is 5.98.